The number of morpholine rings is 1. The molecule has 20 heavy (non-hydrogen) atoms. The van der Waals surface area contributed by atoms with E-state index in [1.165, 1.54) is 0 Å². The van der Waals surface area contributed by atoms with Crippen LogP contribution in [0, 0.1) is 11.3 Å². The lowest BCUT2D eigenvalue weighted by Gasteiger charge is -2.28. The molecule has 0 bridgehead atoms. The molecular weight excluding hydrogens is 254 g/mol. The maximum Gasteiger partial charge on any atom is 0.136 e. The van der Waals surface area contributed by atoms with E-state index >= 15 is 0 Å². The predicted molar refractivity (Wildman–Crippen MR) is 76.7 cm³/mol. The van der Waals surface area contributed by atoms with Gasteiger partial charge in [0.1, 0.15) is 11.8 Å². The number of rotatable bonds is 5. The lowest BCUT2D eigenvalue weighted by Crippen LogP contribution is -2.44. The molecule has 0 aliphatic carbocycles. The van der Waals surface area contributed by atoms with Crippen molar-refractivity contribution in [2.75, 3.05) is 40.4 Å². The van der Waals surface area contributed by atoms with Crippen LogP contribution in [0.15, 0.2) is 18.2 Å². The van der Waals surface area contributed by atoms with E-state index in [1.807, 2.05) is 18.2 Å². The largest absolute Gasteiger partial charge is 0.495 e. The number of benzene rings is 1. The first-order chi connectivity index (χ1) is 9.72. The summed E-state index contributed by atoms with van der Waals surface area (Å²) in [6, 6.07) is 7.89. The van der Waals surface area contributed by atoms with Crippen LogP contribution in [0.3, 0.4) is 0 Å². The molecule has 1 fully saturated rings. The van der Waals surface area contributed by atoms with Crippen LogP contribution in [0.5, 0.6) is 5.75 Å². The van der Waals surface area contributed by atoms with Gasteiger partial charge in [0.15, 0.2) is 0 Å². The van der Waals surface area contributed by atoms with Gasteiger partial charge in [-0.3, -0.25) is 4.90 Å². The molecule has 5 nitrogen and oxygen atoms in total. The SMILES string of the molecule is COc1ccc(CN(C)CC2CNCCO2)cc1C#N. The van der Waals surface area contributed by atoms with Crippen LogP contribution in [-0.2, 0) is 11.3 Å². The highest BCUT2D eigenvalue weighted by Crippen LogP contribution is 2.19. The summed E-state index contributed by atoms with van der Waals surface area (Å²) in [5.41, 5.74) is 1.68. The first kappa shape index (κ1) is 14.8. The smallest absolute Gasteiger partial charge is 0.136 e. The molecule has 108 valence electrons. The number of likely N-dealkylation sites (N-methyl/N-ethyl adjacent to an activating group) is 1. The van der Waals surface area contributed by atoms with Crippen LogP contribution in [0.1, 0.15) is 11.1 Å². The number of ether oxygens (including phenoxy) is 2. The second-order valence-electron chi connectivity index (χ2n) is 5.04. The highest BCUT2D eigenvalue weighted by Gasteiger charge is 2.15. The van der Waals surface area contributed by atoms with Gasteiger partial charge in [-0.05, 0) is 24.7 Å². The van der Waals surface area contributed by atoms with Crippen molar-refractivity contribution in [3.8, 4) is 11.8 Å². The number of nitriles is 1. The first-order valence-electron chi connectivity index (χ1n) is 6.81. The van der Waals surface area contributed by atoms with E-state index in [9.17, 15) is 0 Å². The van der Waals surface area contributed by atoms with Crippen LogP contribution < -0.4 is 10.1 Å². The Bertz CT molecular complexity index is 478. The van der Waals surface area contributed by atoms with E-state index in [1.54, 1.807) is 7.11 Å². The Morgan fingerprint density at radius 2 is 2.40 bits per heavy atom. The van der Waals surface area contributed by atoms with E-state index in [0.29, 0.717) is 11.3 Å². The van der Waals surface area contributed by atoms with Crippen molar-refractivity contribution >= 4 is 0 Å². The van der Waals surface area contributed by atoms with Gasteiger partial charge in [0.2, 0.25) is 0 Å². The fourth-order valence-electron chi connectivity index (χ4n) is 2.40. The van der Waals surface area contributed by atoms with Gasteiger partial charge in [0.25, 0.3) is 0 Å². The molecule has 1 aromatic carbocycles. The van der Waals surface area contributed by atoms with Crippen molar-refractivity contribution < 1.29 is 9.47 Å². The Labute approximate surface area is 120 Å². The van der Waals surface area contributed by atoms with Crippen LogP contribution >= 0.6 is 0 Å². The molecule has 1 unspecified atom stereocenters. The molecule has 0 radical (unpaired) electrons. The average Bonchev–Trinajstić information content (AvgIpc) is 2.48. The van der Waals surface area contributed by atoms with Gasteiger partial charge < -0.3 is 14.8 Å². The minimum Gasteiger partial charge on any atom is -0.495 e. The van der Waals surface area contributed by atoms with Crippen LogP contribution in [0.4, 0.5) is 0 Å². The Morgan fingerprint density at radius 1 is 1.55 bits per heavy atom. The molecule has 1 saturated heterocycles. The van der Waals surface area contributed by atoms with Crippen LogP contribution in [-0.4, -0.2) is 51.4 Å². The van der Waals surface area contributed by atoms with E-state index in [0.717, 1.165) is 38.3 Å². The predicted octanol–water partition coefficient (Wildman–Crippen LogP) is 0.987. The number of hydrogen-bond donors (Lipinski definition) is 1. The highest BCUT2D eigenvalue weighted by molar-refractivity contribution is 5.45. The normalized spacial score (nSPS) is 18.8. The third-order valence-corrected chi connectivity index (χ3v) is 3.36. The summed E-state index contributed by atoms with van der Waals surface area (Å²) in [6.45, 7) is 4.28. The lowest BCUT2D eigenvalue weighted by atomic mass is 10.1. The van der Waals surface area contributed by atoms with Crippen molar-refractivity contribution in [3.05, 3.63) is 29.3 Å². The van der Waals surface area contributed by atoms with Gasteiger partial charge in [0, 0.05) is 26.2 Å². The van der Waals surface area contributed by atoms with Crippen molar-refractivity contribution in [3.63, 3.8) is 0 Å². The third kappa shape index (κ3) is 3.94. The summed E-state index contributed by atoms with van der Waals surface area (Å²) < 4.78 is 10.8. The fraction of sp³-hybridized carbons (Fsp3) is 0.533. The van der Waals surface area contributed by atoms with E-state index in [2.05, 4.69) is 23.3 Å². The van der Waals surface area contributed by atoms with Gasteiger partial charge in [0.05, 0.1) is 25.4 Å². The van der Waals surface area contributed by atoms with Crippen LogP contribution in [0.2, 0.25) is 0 Å². The Kier molecular flexibility index (Phi) is 5.36. The zero-order chi connectivity index (χ0) is 14.4. The number of methoxy groups -OCH3 is 1. The van der Waals surface area contributed by atoms with Crippen molar-refractivity contribution in [1.29, 1.82) is 5.26 Å². The molecule has 2 rings (SSSR count). The summed E-state index contributed by atoms with van der Waals surface area (Å²) in [4.78, 5) is 2.21. The lowest BCUT2D eigenvalue weighted by molar-refractivity contribution is 0.00884. The molecule has 1 atom stereocenters. The zero-order valence-corrected chi connectivity index (χ0v) is 12.1. The highest BCUT2D eigenvalue weighted by atomic mass is 16.5. The van der Waals surface area contributed by atoms with Gasteiger partial charge in [-0.2, -0.15) is 5.26 Å². The quantitative estimate of drug-likeness (QED) is 0.868. The maximum atomic E-state index is 9.10. The molecule has 1 aliphatic rings. The Balaban J connectivity index is 1.93. The van der Waals surface area contributed by atoms with Gasteiger partial charge in [-0.15, -0.1) is 0 Å². The van der Waals surface area contributed by atoms with Crippen LogP contribution in [0.25, 0.3) is 0 Å². The number of hydrogen-bond acceptors (Lipinski definition) is 5. The molecule has 1 heterocycles. The fourth-order valence-corrected chi connectivity index (χ4v) is 2.40. The summed E-state index contributed by atoms with van der Waals surface area (Å²) in [7, 11) is 3.64. The second kappa shape index (κ2) is 7.25. The summed E-state index contributed by atoms with van der Waals surface area (Å²) in [5, 5.41) is 12.4. The second-order valence-corrected chi connectivity index (χ2v) is 5.04. The van der Waals surface area contributed by atoms with Gasteiger partial charge in [-0.25, -0.2) is 0 Å². The van der Waals surface area contributed by atoms with E-state index in [4.69, 9.17) is 14.7 Å². The molecule has 1 aromatic rings. The topological polar surface area (TPSA) is 57.5 Å². The molecule has 0 aromatic heterocycles. The first-order valence-corrected chi connectivity index (χ1v) is 6.81. The summed E-state index contributed by atoms with van der Waals surface area (Å²) >= 11 is 0. The Morgan fingerprint density at radius 3 is 3.05 bits per heavy atom. The van der Waals surface area contributed by atoms with Crippen molar-refractivity contribution in [1.82, 2.24) is 10.2 Å². The van der Waals surface area contributed by atoms with Gasteiger partial charge >= 0.3 is 0 Å². The standard InChI is InChI=1S/C15H21N3O2/c1-18(11-14-9-17-5-6-20-14)10-12-3-4-15(19-2)13(7-12)8-16/h3-4,7,14,17H,5-6,9-11H2,1-2H3. The summed E-state index contributed by atoms with van der Waals surface area (Å²) in [6.07, 6.45) is 0.238. The molecule has 5 heteroatoms. The minimum atomic E-state index is 0.238. The van der Waals surface area contributed by atoms with E-state index < -0.39 is 0 Å². The zero-order valence-electron chi connectivity index (χ0n) is 12.1. The molecular formula is C15H21N3O2. The molecule has 1 N–H and O–H groups in total. The monoisotopic (exact) mass is 275 g/mol. The minimum absolute atomic E-state index is 0.238. The molecule has 0 amide bonds. The van der Waals surface area contributed by atoms with Crippen molar-refractivity contribution in [2.45, 2.75) is 12.6 Å². The summed E-state index contributed by atoms with van der Waals surface area (Å²) in [5.74, 6) is 0.624. The molecule has 0 spiro atoms. The average molecular weight is 275 g/mol. The molecule has 1 aliphatic heterocycles. The van der Waals surface area contributed by atoms with Crippen molar-refractivity contribution in [2.24, 2.45) is 0 Å². The third-order valence-electron chi connectivity index (χ3n) is 3.36. The Hall–Kier alpha value is -1.61. The maximum absolute atomic E-state index is 9.10. The van der Waals surface area contributed by atoms with Gasteiger partial charge in [-0.1, -0.05) is 6.07 Å². The number of nitrogens with zero attached hydrogens (tertiary/aromatic N) is 2. The molecule has 0 saturated carbocycles. The van der Waals surface area contributed by atoms with E-state index in [-0.39, 0.29) is 6.10 Å². The number of nitrogens with one attached hydrogen (secondary N) is 1.